The standard InChI is InChI=1S/C17H17ClFNO/c1-21-13-6-5-11-7-8-17(20,14(11)9-13)10-12-3-2-4-15(19)16(12)18/h2-6,9H,7-8,10,20H2,1H3. The van der Waals surface area contributed by atoms with E-state index in [1.54, 1.807) is 13.2 Å². The lowest BCUT2D eigenvalue weighted by atomic mass is 9.86. The Labute approximate surface area is 128 Å². The molecule has 0 radical (unpaired) electrons. The van der Waals surface area contributed by atoms with Crippen LogP contribution >= 0.6 is 11.6 Å². The van der Waals surface area contributed by atoms with Gasteiger partial charge in [-0.05, 0) is 54.2 Å². The SMILES string of the molecule is COc1ccc2c(c1)C(N)(Cc1cccc(F)c1Cl)CC2. The monoisotopic (exact) mass is 305 g/mol. The fourth-order valence-electron chi connectivity index (χ4n) is 3.06. The Morgan fingerprint density at radius 3 is 2.90 bits per heavy atom. The first-order valence-corrected chi connectivity index (χ1v) is 7.30. The van der Waals surface area contributed by atoms with Gasteiger partial charge in [0.25, 0.3) is 0 Å². The van der Waals surface area contributed by atoms with Gasteiger partial charge in [0.05, 0.1) is 12.1 Å². The smallest absolute Gasteiger partial charge is 0.142 e. The minimum Gasteiger partial charge on any atom is -0.497 e. The third-order valence-corrected chi connectivity index (χ3v) is 4.65. The van der Waals surface area contributed by atoms with E-state index in [-0.39, 0.29) is 5.02 Å². The molecule has 2 N–H and O–H groups in total. The molecular weight excluding hydrogens is 289 g/mol. The van der Waals surface area contributed by atoms with E-state index in [0.29, 0.717) is 6.42 Å². The van der Waals surface area contributed by atoms with Crippen molar-refractivity contribution in [1.29, 1.82) is 0 Å². The highest BCUT2D eigenvalue weighted by Crippen LogP contribution is 2.40. The quantitative estimate of drug-likeness (QED) is 0.935. The number of methoxy groups -OCH3 is 1. The zero-order valence-electron chi connectivity index (χ0n) is 11.8. The summed E-state index contributed by atoms with van der Waals surface area (Å²) in [5.41, 5.74) is 9.13. The van der Waals surface area contributed by atoms with Crippen LogP contribution in [0.4, 0.5) is 4.39 Å². The van der Waals surface area contributed by atoms with Gasteiger partial charge in [-0.1, -0.05) is 29.8 Å². The molecule has 2 aromatic rings. The van der Waals surface area contributed by atoms with E-state index in [1.165, 1.54) is 11.6 Å². The maximum atomic E-state index is 13.6. The molecule has 0 bridgehead atoms. The molecule has 21 heavy (non-hydrogen) atoms. The molecule has 0 aliphatic heterocycles. The molecule has 0 saturated heterocycles. The molecule has 1 atom stereocenters. The van der Waals surface area contributed by atoms with Crippen molar-refractivity contribution < 1.29 is 9.13 Å². The minimum atomic E-state index is -0.526. The minimum absolute atomic E-state index is 0.165. The highest BCUT2D eigenvalue weighted by molar-refractivity contribution is 6.31. The van der Waals surface area contributed by atoms with Gasteiger partial charge in [0.2, 0.25) is 0 Å². The van der Waals surface area contributed by atoms with Crippen LogP contribution < -0.4 is 10.5 Å². The lowest BCUT2D eigenvalue weighted by Crippen LogP contribution is -2.36. The number of halogens is 2. The van der Waals surface area contributed by atoms with E-state index in [4.69, 9.17) is 22.1 Å². The Morgan fingerprint density at radius 2 is 2.14 bits per heavy atom. The largest absolute Gasteiger partial charge is 0.497 e. The van der Waals surface area contributed by atoms with Crippen LogP contribution in [-0.2, 0) is 18.4 Å². The zero-order chi connectivity index (χ0) is 15.0. The van der Waals surface area contributed by atoms with Gasteiger partial charge in [0, 0.05) is 5.54 Å². The van der Waals surface area contributed by atoms with Crippen LogP contribution in [0.5, 0.6) is 5.75 Å². The fourth-order valence-corrected chi connectivity index (χ4v) is 3.26. The van der Waals surface area contributed by atoms with Crippen molar-refractivity contribution >= 4 is 11.6 Å². The molecule has 0 fully saturated rings. The van der Waals surface area contributed by atoms with E-state index in [9.17, 15) is 4.39 Å². The molecule has 3 rings (SSSR count). The van der Waals surface area contributed by atoms with Gasteiger partial charge in [-0.15, -0.1) is 0 Å². The van der Waals surface area contributed by atoms with Gasteiger partial charge < -0.3 is 10.5 Å². The highest BCUT2D eigenvalue weighted by Gasteiger charge is 2.36. The molecule has 4 heteroatoms. The van der Waals surface area contributed by atoms with Crippen LogP contribution in [0.15, 0.2) is 36.4 Å². The number of hydrogen-bond donors (Lipinski definition) is 1. The normalized spacial score (nSPS) is 20.4. The first-order valence-electron chi connectivity index (χ1n) is 6.93. The summed E-state index contributed by atoms with van der Waals surface area (Å²) in [7, 11) is 1.64. The second-order valence-electron chi connectivity index (χ2n) is 5.57. The molecule has 0 aromatic heterocycles. The number of rotatable bonds is 3. The Bertz CT molecular complexity index is 688. The Kier molecular flexibility index (Phi) is 3.64. The maximum Gasteiger partial charge on any atom is 0.142 e. The van der Waals surface area contributed by atoms with Crippen molar-refractivity contribution in [1.82, 2.24) is 0 Å². The summed E-state index contributed by atoms with van der Waals surface area (Å²) in [5, 5.41) is 0.165. The van der Waals surface area contributed by atoms with Gasteiger partial charge in [-0.2, -0.15) is 0 Å². The van der Waals surface area contributed by atoms with E-state index in [2.05, 4.69) is 6.07 Å². The molecule has 1 aliphatic carbocycles. The van der Waals surface area contributed by atoms with Crippen molar-refractivity contribution in [3.05, 3.63) is 63.9 Å². The lowest BCUT2D eigenvalue weighted by Gasteiger charge is -2.26. The van der Waals surface area contributed by atoms with E-state index in [1.807, 2.05) is 18.2 Å². The van der Waals surface area contributed by atoms with E-state index < -0.39 is 11.4 Å². The topological polar surface area (TPSA) is 35.2 Å². The Balaban J connectivity index is 1.99. The average Bonchev–Trinajstić information content (AvgIpc) is 2.81. The number of benzene rings is 2. The van der Waals surface area contributed by atoms with Crippen LogP contribution in [0.1, 0.15) is 23.1 Å². The Hall–Kier alpha value is -1.58. The average molecular weight is 306 g/mol. The van der Waals surface area contributed by atoms with Crippen LogP contribution in [0.3, 0.4) is 0 Å². The molecule has 2 aromatic carbocycles. The summed E-state index contributed by atoms with van der Waals surface area (Å²) in [5.74, 6) is 0.387. The van der Waals surface area contributed by atoms with Crippen LogP contribution in [0.2, 0.25) is 5.02 Å². The third kappa shape index (κ3) is 2.52. The number of nitrogens with two attached hydrogens (primary N) is 1. The van der Waals surface area contributed by atoms with Gasteiger partial charge >= 0.3 is 0 Å². The molecule has 1 unspecified atom stereocenters. The summed E-state index contributed by atoms with van der Waals surface area (Å²) < 4.78 is 18.9. The number of aryl methyl sites for hydroxylation is 1. The number of fused-ring (bicyclic) bond motifs is 1. The first kappa shape index (κ1) is 14.4. The summed E-state index contributed by atoms with van der Waals surface area (Å²) in [4.78, 5) is 0. The van der Waals surface area contributed by atoms with Crippen molar-refractivity contribution in [2.24, 2.45) is 5.73 Å². The Morgan fingerprint density at radius 1 is 1.33 bits per heavy atom. The lowest BCUT2D eigenvalue weighted by molar-refractivity contribution is 0.407. The van der Waals surface area contributed by atoms with E-state index in [0.717, 1.165) is 29.7 Å². The summed E-state index contributed by atoms with van der Waals surface area (Å²) in [6.07, 6.45) is 2.26. The van der Waals surface area contributed by atoms with Gasteiger partial charge in [0.1, 0.15) is 11.6 Å². The molecule has 0 amide bonds. The van der Waals surface area contributed by atoms with Crippen molar-refractivity contribution in [3.63, 3.8) is 0 Å². The summed E-state index contributed by atoms with van der Waals surface area (Å²) in [6.45, 7) is 0. The van der Waals surface area contributed by atoms with Gasteiger partial charge in [-0.25, -0.2) is 4.39 Å². The van der Waals surface area contributed by atoms with Crippen molar-refractivity contribution in [2.75, 3.05) is 7.11 Å². The van der Waals surface area contributed by atoms with Crippen molar-refractivity contribution in [3.8, 4) is 5.75 Å². The number of hydrogen-bond acceptors (Lipinski definition) is 2. The summed E-state index contributed by atoms with van der Waals surface area (Å²) >= 11 is 6.06. The zero-order valence-corrected chi connectivity index (χ0v) is 12.6. The predicted molar refractivity (Wildman–Crippen MR) is 82.3 cm³/mol. The van der Waals surface area contributed by atoms with E-state index >= 15 is 0 Å². The fraction of sp³-hybridized carbons (Fsp3) is 0.294. The molecule has 0 saturated carbocycles. The molecule has 110 valence electrons. The highest BCUT2D eigenvalue weighted by atomic mass is 35.5. The van der Waals surface area contributed by atoms with Crippen LogP contribution in [0, 0.1) is 5.82 Å². The first-order chi connectivity index (χ1) is 10.0. The molecule has 2 nitrogen and oxygen atoms in total. The van der Waals surface area contributed by atoms with Gasteiger partial charge in [-0.3, -0.25) is 0 Å². The maximum absolute atomic E-state index is 13.6. The molecular formula is C17H17ClFNO. The molecule has 1 aliphatic rings. The molecule has 0 heterocycles. The second-order valence-corrected chi connectivity index (χ2v) is 5.95. The number of ether oxygens (including phenoxy) is 1. The third-order valence-electron chi connectivity index (χ3n) is 4.23. The van der Waals surface area contributed by atoms with Gasteiger partial charge in [0.15, 0.2) is 0 Å². The second kappa shape index (κ2) is 5.32. The predicted octanol–water partition coefficient (Wildman–Crippen LogP) is 3.83. The molecule has 0 spiro atoms. The van der Waals surface area contributed by atoms with Crippen LogP contribution in [-0.4, -0.2) is 7.11 Å². The van der Waals surface area contributed by atoms with Crippen LogP contribution in [0.25, 0.3) is 0 Å². The summed E-state index contributed by atoms with van der Waals surface area (Å²) in [6, 6.07) is 10.8. The van der Waals surface area contributed by atoms with Crippen molar-refractivity contribution in [2.45, 2.75) is 24.8 Å².